The van der Waals surface area contributed by atoms with Crippen molar-refractivity contribution in [3.63, 3.8) is 0 Å². The van der Waals surface area contributed by atoms with Crippen LogP contribution in [0.1, 0.15) is 12.5 Å². The molecule has 4 heteroatoms. The van der Waals surface area contributed by atoms with Crippen LogP contribution in [0.2, 0.25) is 0 Å². The van der Waals surface area contributed by atoms with E-state index in [9.17, 15) is 0 Å². The van der Waals surface area contributed by atoms with Crippen LogP contribution in [-0.2, 0) is 0 Å². The largest absolute Gasteiger partial charge is 0.382 e. The first-order valence-electron chi connectivity index (χ1n) is 4.43. The summed E-state index contributed by atoms with van der Waals surface area (Å²) in [6.07, 6.45) is 1.54. The van der Waals surface area contributed by atoms with E-state index in [1.165, 1.54) is 5.54 Å². The van der Waals surface area contributed by atoms with E-state index < -0.39 is 0 Å². The van der Waals surface area contributed by atoms with Gasteiger partial charge in [0.15, 0.2) is 5.84 Å². The molecule has 1 rings (SSSR count). The minimum absolute atomic E-state index is 0.384. The van der Waals surface area contributed by atoms with Crippen molar-refractivity contribution >= 4 is 23.7 Å². The monoisotopic (exact) mass is 221 g/mol. The number of halogens is 1. The lowest BCUT2D eigenvalue weighted by atomic mass is 10.2. The van der Waals surface area contributed by atoms with E-state index in [1.807, 2.05) is 37.3 Å². The molecule has 0 fully saturated rings. The van der Waals surface area contributed by atoms with E-state index in [4.69, 9.17) is 17.3 Å². The summed E-state index contributed by atoms with van der Waals surface area (Å²) in [5.41, 5.74) is 8.80. The third-order valence-corrected chi connectivity index (χ3v) is 2.01. The standard InChI is InChI=1S/C11H12ClN3/c1-9(7-12)8-14-15-11(13)10-5-3-2-4-6-10/h2-8H,1H3,(H2,13,15)/b9-7+,14-8-. The molecule has 0 atom stereocenters. The maximum Gasteiger partial charge on any atom is 0.153 e. The van der Waals surface area contributed by atoms with Crippen LogP contribution in [-0.4, -0.2) is 12.1 Å². The normalized spacial score (nSPS) is 13.5. The number of benzene rings is 1. The summed E-state index contributed by atoms with van der Waals surface area (Å²) in [4.78, 5) is 0. The van der Waals surface area contributed by atoms with Gasteiger partial charge < -0.3 is 5.73 Å². The maximum atomic E-state index is 5.71. The third kappa shape index (κ3) is 3.95. The Hall–Kier alpha value is -1.61. The quantitative estimate of drug-likeness (QED) is 0.476. The van der Waals surface area contributed by atoms with Gasteiger partial charge in [-0.05, 0) is 12.5 Å². The highest BCUT2D eigenvalue weighted by Gasteiger charge is 1.94. The molecule has 1 aromatic carbocycles. The molecule has 0 heterocycles. The Morgan fingerprint density at radius 2 is 2.00 bits per heavy atom. The van der Waals surface area contributed by atoms with Gasteiger partial charge in [0.2, 0.25) is 0 Å². The fourth-order valence-electron chi connectivity index (χ4n) is 0.877. The molecule has 1 aromatic rings. The van der Waals surface area contributed by atoms with Gasteiger partial charge in [-0.2, -0.15) is 5.10 Å². The summed E-state index contributed by atoms with van der Waals surface area (Å²) in [5, 5.41) is 7.65. The molecule has 78 valence electrons. The molecule has 0 unspecified atom stereocenters. The first kappa shape index (κ1) is 11.5. The molecule has 0 spiro atoms. The molecule has 0 aliphatic carbocycles. The average Bonchev–Trinajstić information content (AvgIpc) is 2.29. The van der Waals surface area contributed by atoms with Gasteiger partial charge in [-0.1, -0.05) is 41.9 Å². The second kappa shape index (κ2) is 5.98. The minimum Gasteiger partial charge on any atom is -0.382 e. The predicted octanol–water partition coefficient (Wildman–Crippen LogP) is 2.52. The Balaban J connectivity index is 2.74. The molecular weight excluding hydrogens is 210 g/mol. The average molecular weight is 222 g/mol. The van der Waals surface area contributed by atoms with Gasteiger partial charge in [-0.3, -0.25) is 0 Å². The highest BCUT2D eigenvalue weighted by atomic mass is 35.5. The van der Waals surface area contributed by atoms with Crippen molar-refractivity contribution in [1.29, 1.82) is 0 Å². The van der Waals surface area contributed by atoms with Crippen LogP contribution in [0.5, 0.6) is 0 Å². The molecule has 2 N–H and O–H groups in total. The van der Waals surface area contributed by atoms with Gasteiger partial charge in [-0.15, -0.1) is 5.10 Å². The van der Waals surface area contributed by atoms with Crippen LogP contribution in [0.4, 0.5) is 0 Å². The summed E-state index contributed by atoms with van der Waals surface area (Å²) < 4.78 is 0. The van der Waals surface area contributed by atoms with E-state index >= 15 is 0 Å². The molecule has 0 saturated carbocycles. The molecule has 0 saturated heterocycles. The lowest BCUT2D eigenvalue weighted by Gasteiger charge is -1.96. The van der Waals surface area contributed by atoms with Crippen LogP contribution in [0.25, 0.3) is 0 Å². The number of hydrogen-bond donors (Lipinski definition) is 1. The molecular formula is C11H12ClN3. The number of rotatable bonds is 3. The van der Waals surface area contributed by atoms with Gasteiger partial charge in [-0.25, -0.2) is 0 Å². The number of nitrogens with two attached hydrogens (primary N) is 1. The SMILES string of the molecule is CC(/C=N\N=C(\N)c1ccccc1)=C\Cl. The second-order valence-corrected chi connectivity index (χ2v) is 3.17. The Kier molecular flexibility index (Phi) is 4.57. The molecule has 0 bridgehead atoms. The minimum atomic E-state index is 0.384. The fraction of sp³-hybridized carbons (Fsp3) is 0.0909. The summed E-state index contributed by atoms with van der Waals surface area (Å²) >= 11 is 5.45. The molecule has 3 nitrogen and oxygen atoms in total. The van der Waals surface area contributed by atoms with Crippen molar-refractivity contribution in [1.82, 2.24) is 0 Å². The summed E-state index contributed by atoms with van der Waals surface area (Å²) in [6, 6.07) is 9.45. The van der Waals surface area contributed by atoms with Gasteiger partial charge in [0.05, 0.1) is 6.21 Å². The molecule has 0 amide bonds. The topological polar surface area (TPSA) is 50.7 Å². The number of hydrogen-bond acceptors (Lipinski definition) is 2. The highest BCUT2D eigenvalue weighted by molar-refractivity contribution is 6.26. The van der Waals surface area contributed by atoms with E-state index in [1.54, 1.807) is 6.21 Å². The van der Waals surface area contributed by atoms with Crippen LogP contribution in [0.15, 0.2) is 51.6 Å². The molecule has 0 radical (unpaired) electrons. The van der Waals surface area contributed by atoms with E-state index in [0.29, 0.717) is 5.84 Å². The van der Waals surface area contributed by atoms with Gasteiger partial charge in [0, 0.05) is 11.1 Å². The lowest BCUT2D eigenvalue weighted by Crippen LogP contribution is -2.12. The van der Waals surface area contributed by atoms with Crippen molar-refractivity contribution in [2.24, 2.45) is 15.9 Å². The zero-order valence-corrected chi connectivity index (χ0v) is 9.15. The summed E-state index contributed by atoms with van der Waals surface area (Å²) in [5.74, 6) is 0.384. The number of nitrogens with zero attached hydrogens (tertiary/aromatic N) is 2. The van der Waals surface area contributed by atoms with E-state index in [0.717, 1.165) is 11.1 Å². The smallest absolute Gasteiger partial charge is 0.153 e. The lowest BCUT2D eigenvalue weighted by molar-refractivity contribution is 1.23. The molecule has 0 aliphatic rings. The van der Waals surface area contributed by atoms with Gasteiger partial charge in [0.25, 0.3) is 0 Å². The van der Waals surface area contributed by atoms with Crippen molar-refractivity contribution in [2.45, 2.75) is 6.92 Å². The van der Waals surface area contributed by atoms with Crippen LogP contribution >= 0.6 is 11.6 Å². The zero-order chi connectivity index (χ0) is 11.1. The first-order valence-corrected chi connectivity index (χ1v) is 4.86. The summed E-state index contributed by atoms with van der Waals surface area (Å²) in [6.45, 7) is 1.82. The summed E-state index contributed by atoms with van der Waals surface area (Å²) in [7, 11) is 0. The fourth-order valence-corrected chi connectivity index (χ4v) is 0.933. The first-order chi connectivity index (χ1) is 7.24. The molecule has 0 aliphatic heterocycles. The van der Waals surface area contributed by atoms with Crippen molar-refractivity contribution in [3.8, 4) is 0 Å². The van der Waals surface area contributed by atoms with Crippen molar-refractivity contribution < 1.29 is 0 Å². The second-order valence-electron chi connectivity index (χ2n) is 2.95. The third-order valence-electron chi connectivity index (χ3n) is 1.67. The van der Waals surface area contributed by atoms with Crippen LogP contribution < -0.4 is 5.73 Å². The maximum absolute atomic E-state index is 5.71. The van der Waals surface area contributed by atoms with Gasteiger partial charge >= 0.3 is 0 Å². The predicted molar refractivity (Wildman–Crippen MR) is 65.3 cm³/mol. The van der Waals surface area contributed by atoms with Crippen LogP contribution in [0, 0.1) is 0 Å². The van der Waals surface area contributed by atoms with Gasteiger partial charge in [0.1, 0.15) is 0 Å². The highest BCUT2D eigenvalue weighted by Crippen LogP contribution is 1.98. The Morgan fingerprint density at radius 3 is 2.60 bits per heavy atom. The number of amidine groups is 1. The Labute approximate surface area is 94.0 Å². The Morgan fingerprint density at radius 1 is 1.33 bits per heavy atom. The molecule has 15 heavy (non-hydrogen) atoms. The zero-order valence-electron chi connectivity index (χ0n) is 8.39. The van der Waals surface area contributed by atoms with E-state index in [2.05, 4.69) is 10.2 Å². The molecule has 0 aromatic heterocycles. The Bertz CT molecular complexity index is 394. The van der Waals surface area contributed by atoms with Crippen LogP contribution in [0.3, 0.4) is 0 Å². The van der Waals surface area contributed by atoms with Crippen molar-refractivity contribution in [2.75, 3.05) is 0 Å². The van der Waals surface area contributed by atoms with E-state index in [-0.39, 0.29) is 0 Å². The van der Waals surface area contributed by atoms with Crippen molar-refractivity contribution in [3.05, 3.63) is 47.0 Å². The number of allylic oxidation sites excluding steroid dienone is 1.